The Hall–Kier alpha value is -2.35. The third kappa shape index (κ3) is 6.11. The quantitative estimate of drug-likeness (QED) is 0.699. The molecule has 7 nitrogen and oxygen atoms in total. The summed E-state index contributed by atoms with van der Waals surface area (Å²) in [4.78, 5) is 34.3. The first-order chi connectivity index (χ1) is 10.8. The monoisotopic (exact) mass is 340 g/mol. The van der Waals surface area contributed by atoms with Gasteiger partial charge in [0.2, 0.25) is 0 Å². The van der Waals surface area contributed by atoms with Gasteiger partial charge < -0.3 is 18.0 Å². The summed E-state index contributed by atoms with van der Waals surface area (Å²) >= 11 is 0. The molecule has 0 spiro atoms. The van der Waals surface area contributed by atoms with Crippen LogP contribution in [0.25, 0.3) is 0 Å². The Kier molecular flexibility index (Phi) is 6.77. The fraction of sp³-hybridized carbons (Fsp3) is 0.400. The number of hydrogen-bond donors (Lipinski definition) is 0. The largest absolute Gasteiger partial charge is 0.709 e. The molecule has 0 aliphatic heterocycles. The van der Waals surface area contributed by atoms with E-state index < -0.39 is 26.7 Å². The second-order valence-corrected chi connectivity index (χ2v) is 7.01. The molecule has 0 amide bonds. The van der Waals surface area contributed by atoms with E-state index in [4.69, 9.17) is 18.0 Å². The first-order valence-electron chi connectivity index (χ1n) is 7.07. The second kappa shape index (κ2) is 8.32. The molecule has 0 aliphatic carbocycles. The van der Waals surface area contributed by atoms with E-state index in [1.807, 2.05) is 6.92 Å². The van der Waals surface area contributed by atoms with Crippen LogP contribution in [0.4, 0.5) is 0 Å². The summed E-state index contributed by atoms with van der Waals surface area (Å²) < 4.78 is 21.0. The summed E-state index contributed by atoms with van der Waals surface area (Å²) in [5.74, 6) is -1.56. The van der Waals surface area contributed by atoms with Gasteiger partial charge in [0.25, 0.3) is 17.9 Å². The normalized spacial score (nSPS) is 10.6. The zero-order valence-corrected chi connectivity index (χ0v) is 14.6. The molecule has 0 saturated carbocycles. The maximum atomic E-state index is 11.4. The van der Waals surface area contributed by atoms with Crippen molar-refractivity contribution in [2.24, 2.45) is 0 Å². The zero-order chi connectivity index (χ0) is 17.5. The van der Waals surface area contributed by atoms with Crippen LogP contribution in [0.3, 0.4) is 0 Å². The van der Waals surface area contributed by atoms with Gasteiger partial charge in [-0.3, -0.25) is 14.4 Å². The molecule has 0 N–H and O–H groups in total. The Balaban J connectivity index is 3.23. The minimum Gasteiger partial charge on any atom is -0.494 e. The summed E-state index contributed by atoms with van der Waals surface area (Å²) in [6.07, 6.45) is 0. The molecule has 0 heterocycles. The van der Waals surface area contributed by atoms with E-state index in [1.54, 1.807) is 24.3 Å². The second-order valence-electron chi connectivity index (χ2n) is 4.68. The summed E-state index contributed by atoms with van der Waals surface area (Å²) in [5.41, 5.74) is 0.616. The van der Waals surface area contributed by atoms with Crippen LogP contribution in [-0.2, 0) is 33.7 Å². The van der Waals surface area contributed by atoms with Crippen LogP contribution in [-0.4, -0.2) is 33.3 Å². The van der Waals surface area contributed by atoms with Gasteiger partial charge in [-0.15, -0.1) is 0 Å². The molecule has 0 unspecified atom stereocenters. The highest BCUT2D eigenvalue weighted by Crippen LogP contribution is 2.25. The molecule has 126 valence electrons. The lowest BCUT2D eigenvalue weighted by Gasteiger charge is -2.26. The van der Waals surface area contributed by atoms with E-state index in [1.165, 1.54) is 0 Å². The van der Waals surface area contributed by atoms with Gasteiger partial charge in [0.05, 0.1) is 12.7 Å². The van der Waals surface area contributed by atoms with Crippen molar-refractivity contribution in [3.8, 4) is 5.75 Å². The standard InChI is InChI=1S/C15H20O7Si/c1-5-19-15-9-7-6-8-14(15)10-23(20-11(2)16,21-12(3)17)22-13(4)18/h6-9H,5,10H2,1-4H3. The van der Waals surface area contributed by atoms with Crippen LogP contribution in [0.5, 0.6) is 5.75 Å². The lowest BCUT2D eigenvalue weighted by Crippen LogP contribution is -2.51. The molecule has 0 fully saturated rings. The zero-order valence-electron chi connectivity index (χ0n) is 13.6. The van der Waals surface area contributed by atoms with Gasteiger partial charge in [-0.25, -0.2) is 0 Å². The van der Waals surface area contributed by atoms with E-state index in [2.05, 4.69) is 0 Å². The lowest BCUT2D eigenvalue weighted by molar-refractivity contribution is -0.147. The van der Waals surface area contributed by atoms with Crippen molar-refractivity contribution in [2.75, 3.05) is 6.61 Å². The maximum Gasteiger partial charge on any atom is 0.709 e. The van der Waals surface area contributed by atoms with Crippen LogP contribution in [0, 0.1) is 0 Å². The van der Waals surface area contributed by atoms with Crippen molar-refractivity contribution in [1.29, 1.82) is 0 Å². The molecule has 1 rings (SSSR count). The molecule has 1 aromatic rings. The highest BCUT2D eigenvalue weighted by atomic mass is 28.4. The van der Waals surface area contributed by atoms with Crippen molar-refractivity contribution in [3.05, 3.63) is 29.8 Å². The Morgan fingerprint density at radius 1 is 0.913 bits per heavy atom. The smallest absolute Gasteiger partial charge is 0.494 e. The number of benzene rings is 1. The summed E-state index contributed by atoms with van der Waals surface area (Å²) in [6, 6.07) is 6.94. The summed E-state index contributed by atoms with van der Waals surface area (Å²) in [5, 5.41) is 0. The number of carbonyl (C=O) groups excluding carboxylic acids is 3. The average molecular weight is 340 g/mol. The highest BCUT2D eigenvalue weighted by molar-refractivity contribution is 6.65. The van der Waals surface area contributed by atoms with Crippen LogP contribution < -0.4 is 4.74 Å². The predicted octanol–water partition coefficient (Wildman–Crippen LogP) is 1.80. The highest BCUT2D eigenvalue weighted by Gasteiger charge is 2.52. The number of ether oxygens (including phenoxy) is 1. The molecule has 8 heteroatoms. The molecular formula is C15H20O7Si. The molecule has 1 aromatic carbocycles. The minimum atomic E-state index is -3.91. The fourth-order valence-electron chi connectivity index (χ4n) is 2.01. The van der Waals surface area contributed by atoms with Gasteiger partial charge in [0, 0.05) is 26.3 Å². The van der Waals surface area contributed by atoms with Gasteiger partial charge in [-0.05, 0) is 13.0 Å². The van der Waals surface area contributed by atoms with E-state index in [0.717, 1.165) is 20.8 Å². The third-order valence-electron chi connectivity index (χ3n) is 2.58. The molecule has 0 aromatic heterocycles. The summed E-state index contributed by atoms with van der Waals surface area (Å²) in [7, 11) is -3.91. The number of hydrogen-bond acceptors (Lipinski definition) is 7. The Labute approximate surface area is 135 Å². The van der Waals surface area contributed by atoms with Crippen LogP contribution in [0.15, 0.2) is 24.3 Å². The van der Waals surface area contributed by atoms with Gasteiger partial charge in [0.1, 0.15) is 5.75 Å². The SMILES string of the molecule is CCOc1ccccc1C[Si](OC(C)=O)(OC(C)=O)OC(C)=O. The molecule has 0 bridgehead atoms. The molecule has 0 saturated heterocycles. The molecule has 0 radical (unpaired) electrons. The topological polar surface area (TPSA) is 88.1 Å². The van der Waals surface area contributed by atoms with Crippen molar-refractivity contribution < 1.29 is 32.4 Å². The van der Waals surface area contributed by atoms with E-state index in [9.17, 15) is 14.4 Å². The van der Waals surface area contributed by atoms with Gasteiger partial charge in [-0.2, -0.15) is 0 Å². The lowest BCUT2D eigenvalue weighted by atomic mass is 10.2. The Morgan fingerprint density at radius 2 is 1.39 bits per heavy atom. The van der Waals surface area contributed by atoms with Crippen molar-refractivity contribution in [1.82, 2.24) is 0 Å². The van der Waals surface area contributed by atoms with Crippen molar-refractivity contribution in [2.45, 2.75) is 33.7 Å². The maximum absolute atomic E-state index is 11.4. The minimum absolute atomic E-state index is 0.0537. The third-order valence-corrected chi connectivity index (χ3v) is 5.19. The average Bonchev–Trinajstić information content (AvgIpc) is 2.38. The van der Waals surface area contributed by atoms with E-state index >= 15 is 0 Å². The predicted molar refractivity (Wildman–Crippen MR) is 82.4 cm³/mol. The Bertz CT molecular complexity index is 544. The number of rotatable bonds is 7. The van der Waals surface area contributed by atoms with Gasteiger partial charge in [0.15, 0.2) is 0 Å². The summed E-state index contributed by atoms with van der Waals surface area (Å²) in [6.45, 7) is 5.72. The van der Waals surface area contributed by atoms with Crippen LogP contribution in [0.1, 0.15) is 33.3 Å². The molecule has 0 atom stereocenters. The van der Waals surface area contributed by atoms with E-state index in [0.29, 0.717) is 17.9 Å². The Morgan fingerprint density at radius 3 is 1.83 bits per heavy atom. The van der Waals surface area contributed by atoms with Gasteiger partial charge in [-0.1, -0.05) is 18.2 Å². The van der Waals surface area contributed by atoms with Crippen LogP contribution in [0.2, 0.25) is 0 Å². The van der Waals surface area contributed by atoms with Crippen LogP contribution >= 0.6 is 0 Å². The fourth-order valence-corrected chi connectivity index (χ4v) is 4.42. The first kappa shape index (κ1) is 18.7. The molecule has 23 heavy (non-hydrogen) atoms. The van der Waals surface area contributed by atoms with Gasteiger partial charge >= 0.3 is 8.80 Å². The number of carbonyl (C=O) groups is 3. The van der Waals surface area contributed by atoms with E-state index in [-0.39, 0.29) is 6.04 Å². The van der Waals surface area contributed by atoms with Crippen molar-refractivity contribution >= 4 is 26.7 Å². The first-order valence-corrected chi connectivity index (χ1v) is 9.00. The number of para-hydroxylation sites is 1. The van der Waals surface area contributed by atoms with Crippen molar-refractivity contribution in [3.63, 3.8) is 0 Å². The molecule has 0 aliphatic rings. The molecular weight excluding hydrogens is 320 g/mol.